The molecule has 0 fully saturated rings. The zero-order chi connectivity index (χ0) is 5.91. The molecule has 0 atom stereocenters. The molecule has 0 aliphatic carbocycles. The molecular formula is C5H16BrOP. The van der Waals surface area contributed by atoms with Crippen molar-refractivity contribution in [3.8, 4) is 0 Å². The molecule has 0 aromatic carbocycles. The predicted octanol–water partition coefficient (Wildman–Crippen LogP) is 1.20. The van der Waals surface area contributed by atoms with Gasteiger partial charge in [0.1, 0.15) is 0 Å². The molecule has 3 heteroatoms. The van der Waals surface area contributed by atoms with E-state index in [0.29, 0.717) is 6.61 Å². The fraction of sp³-hybridized carbons (Fsp3) is 1.00. The molecule has 0 amide bonds. The first-order chi connectivity index (χ1) is 3.06. The Labute approximate surface area is 62.6 Å². The summed E-state index contributed by atoms with van der Waals surface area (Å²) < 4.78 is 0. The zero-order valence-corrected chi connectivity index (χ0v) is 8.48. The molecule has 0 spiro atoms. The molecule has 0 aliphatic rings. The van der Waals surface area contributed by atoms with Crippen molar-refractivity contribution in [1.82, 2.24) is 0 Å². The first-order valence-electron chi connectivity index (χ1n) is 2.67. The minimum atomic E-state index is -0.907. The molecule has 0 aromatic heterocycles. The van der Waals surface area contributed by atoms with Gasteiger partial charge in [-0.25, -0.2) is 0 Å². The predicted molar refractivity (Wildman–Crippen MR) is 48.4 cm³/mol. The maximum absolute atomic E-state index is 8.44. The Morgan fingerprint density at radius 2 is 1.62 bits per heavy atom. The Hall–Kier alpha value is 0.870. The van der Waals surface area contributed by atoms with Gasteiger partial charge < -0.3 is 0 Å². The Balaban J connectivity index is 0. The van der Waals surface area contributed by atoms with Crippen LogP contribution in [0.4, 0.5) is 0 Å². The summed E-state index contributed by atoms with van der Waals surface area (Å²) in [6.45, 7) is 7.13. The molecule has 0 heterocycles. The van der Waals surface area contributed by atoms with Gasteiger partial charge in [0.25, 0.3) is 0 Å². The Morgan fingerprint density at radius 3 is 1.62 bits per heavy atom. The van der Waals surface area contributed by atoms with Gasteiger partial charge in [0.2, 0.25) is 0 Å². The van der Waals surface area contributed by atoms with E-state index in [1.54, 1.807) is 0 Å². The van der Waals surface area contributed by atoms with Crippen molar-refractivity contribution in [2.24, 2.45) is 0 Å². The van der Waals surface area contributed by atoms with E-state index in [-0.39, 0.29) is 17.0 Å². The summed E-state index contributed by atoms with van der Waals surface area (Å²) in [5, 5.41) is 8.44. The summed E-state index contributed by atoms with van der Waals surface area (Å²) in [5.41, 5.74) is 0. The molecular weight excluding hydrogens is 187 g/mol. The monoisotopic (exact) mass is 202 g/mol. The molecule has 1 nitrogen and oxygen atoms in total. The van der Waals surface area contributed by atoms with Crippen LogP contribution in [0.5, 0.6) is 0 Å². The van der Waals surface area contributed by atoms with Gasteiger partial charge in [0.05, 0.1) is 0 Å². The van der Waals surface area contributed by atoms with Crippen molar-refractivity contribution in [3.05, 3.63) is 0 Å². The number of halogens is 1. The van der Waals surface area contributed by atoms with E-state index in [0.717, 1.165) is 6.16 Å². The third-order valence-electron chi connectivity index (χ3n) is 0.862. The molecule has 0 radical (unpaired) electrons. The Morgan fingerprint density at radius 1 is 1.25 bits per heavy atom. The minimum absolute atomic E-state index is 0. The van der Waals surface area contributed by atoms with Gasteiger partial charge in [-0.3, -0.25) is 0 Å². The van der Waals surface area contributed by atoms with Crippen LogP contribution >= 0.6 is 24.2 Å². The van der Waals surface area contributed by atoms with Crippen LogP contribution in [0.25, 0.3) is 0 Å². The molecule has 0 saturated heterocycles. The number of aliphatic hydroxyl groups is 1. The maximum atomic E-state index is 8.44. The summed E-state index contributed by atoms with van der Waals surface area (Å²) in [6.07, 6.45) is 1.03. The van der Waals surface area contributed by atoms with Crippen LogP contribution < -0.4 is 0 Å². The quantitative estimate of drug-likeness (QED) is 0.668. The van der Waals surface area contributed by atoms with Crippen LogP contribution in [0.15, 0.2) is 0 Å². The van der Waals surface area contributed by atoms with E-state index >= 15 is 0 Å². The summed E-state index contributed by atoms with van der Waals surface area (Å²) in [7, 11) is -0.907. The standard InChI is InChI=1S/C5H15OP.BrH/c1-7(2,3)5-4-6;/h6-7H,4-5H2,1-3H3;1H. The second-order valence-corrected chi connectivity index (χ2v) is 8.66. The molecule has 8 heavy (non-hydrogen) atoms. The molecule has 0 aliphatic heterocycles. The summed E-state index contributed by atoms with van der Waals surface area (Å²) in [4.78, 5) is 0. The Kier molecular flexibility index (Phi) is 6.87. The first-order valence-corrected chi connectivity index (χ1v) is 6.38. The molecule has 54 valence electrons. The second-order valence-electron chi connectivity index (χ2n) is 3.03. The number of hydrogen-bond donors (Lipinski definition) is 1. The topological polar surface area (TPSA) is 20.2 Å². The normalized spacial score (nSPS) is 12.5. The van der Waals surface area contributed by atoms with Crippen molar-refractivity contribution < 1.29 is 5.11 Å². The van der Waals surface area contributed by atoms with E-state index in [2.05, 4.69) is 20.0 Å². The van der Waals surface area contributed by atoms with E-state index in [9.17, 15) is 0 Å². The van der Waals surface area contributed by atoms with E-state index in [1.165, 1.54) is 0 Å². The number of rotatable bonds is 2. The molecule has 0 aromatic rings. The third-order valence-corrected chi connectivity index (χ3v) is 2.59. The van der Waals surface area contributed by atoms with Crippen molar-refractivity contribution in [1.29, 1.82) is 0 Å². The van der Waals surface area contributed by atoms with E-state index in [4.69, 9.17) is 5.11 Å². The van der Waals surface area contributed by atoms with Crippen LogP contribution in [0.1, 0.15) is 0 Å². The average molecular weight is 203 g/mol. The van der Waals surface area contributed by atoms with Crippen molar-refractivity contribution >= 4 is 24.2 Å². The molecule has 0 rings (SSSR count). The van der Waals surface area contributed by atoms with Crippen LogP contribution in [0.2, 0.25) is 0 Å². The van der Waals surface area contributed by atoms with Gasteiger partial charge in [0.15, 0.2) is 0 Å². The van der Waals surface area contributed by atoms with E-state index in [1.807, 2.05) is 0 Å². The average Bonchev–Trinajstić information content (AvgIpc) is 1.30. The van der Waals surface area contributed by atoms with Crippen LogP contribution in [0, 0.1) is 0 Å². The fourth-order valence-electron chi connectivity index (χ4n) is 0.335. The Bertz CT molecular complexity index is 50.9. The molecule has 0 unspecified atom stereocenters. The van der Waals surface area contributed by atoms with Crippen molar-refractivity contribution in [2.75, 3.05) is 32.8 Å². The van der Waals surface area contributed by atoms with Gasteiger partial charge in [-0.1, -0.05) is 0 Å². The van der Waals surface area contributed by atoms with E-state index < -0.39 is 7.26 Å². The summed E-state index contributed by atoms with van der Waals surface area (Å²) in [6, 6.07) is 0. The van der Waals surface area contributed by atoms with Gasteiger partial charge >= 0.3 is 45.1 Å². The van der Waals surface area contributed by atoms with Crippen molar-refractivity contribution in [2.45, 2.75) is 0 Å². The second kappa shape index (κ2) is 4.72. The zero-order valence-electron chi connectivity index (χ0n) is 5.77. The van der Waals surface area contributed by atoms with Gasteiger partial charge in [-0.05, 0) is 0 Å². The first kappa shape index (κ1) is 11.6. The van der Waals surface area contributed by atoms with Gasteiger partial charge in [0, 0.05) is 0 Å². The third kappa shape index (κ3) is 9.98. The van der Waals surface area contributed by atoms with Crippen LogP contribution in [-0.2, 0) is 0 Å². The SMILES string of the molecule is Br.C[PH](C)(C)CCO. The van der Waals surface area contributed by atoms with Gasteiger partial charge in [-0.15, -0.1) is 17.0 Å². The van der Waals surface area contributed by atoms with Crippen molar-refractivity contribution in [3.63, 3.8) is 0 Å². The fourth-order valence-corrected chi connectivity index (χ4v) is 1.01. The molecule has 1 N–H and O–H groups in total. The van der Waals surface area contributed by atoms with Crippen LogP contribution in [0.3, 0.4) is 0 Å². The summed E-state index contributed by atoms with van der Waals surface area (Å²) in [5.74, 6) is 0. The summed E-state index contributed by atoms with van der Waals surface area (Å²) >= 11 is 0. The number of hydrogen-bond acceptors (Lipinski definition) is 1. The van der Waals surface area contributed by atoms with Crippen LogP contribution in [-0.4, -0.2) is 37.9 Å². The number of aliphatic hydroxyl groups excluding tert-OH is 1. The van der Waals surface area contributed by atoms with Gasteiger partial charge in [-0.2, -0.15) is 0 Å². The molecule has 0 saturated carbocycles. The molecule has 0 bridgehead atoms.